The molecule has 30 heavy (non-hydrogen) atoms. The summed E-state index contributed by atoms with van der Waals surface area (Å²) in [7, 11) is 0. The van der Waals surface area contributed by atoms with E-state index in [9.17, 15) is 19.8 Å². The van der Waals surface area contributed by atoms with E-state index >= 15 is 0 Å². The predicted octanol–water partition coefficient (Wildman–Crippen LogP) is 3.93. The van der Waals surface area contributed by atoms with Crippen molar-refractivity contribution in [2.45, 2.75) is 19.9 Å². The normalized spacial score (nSPS) is 16.4. The van der Waals surface area contributed by atoms with Crippen molar-refractivity contribution in [3.63, 3.8) is 0 Å². The van der Waals surface area contributed by atoms with Crippen LogP contribution in [0.1, 0.15) is 34.0 Å². The van der Waals surface area contributed by atoms with Gasteiger partial charge in [-0.05, 0) is 43.0 Å². The van der Waals surface area contributed by atoms with Gasteiger partial charge < -0.3 is 19.5 Å². The second-order valence-electron chi connectivity index (χ2n) is 6.60. The van der Waals surface area contributed by atoms with Gasteiger partial charge in [-0.15, -0.1) is 11.3 Å². The second-order valence-corrected chi connectivity index (χ2v) is 7.55. The maximum absolute atomic E-state index is 13.2. The number of aromatic hydroxyl groups is 1. The molecule has 1 atom stereocenters. The highest BCUT2D eigenvalue weighted by Crippen LogP contribution is 2.43. The molecule has 0 radical (unpaired) electrons. The molecule has 3 aromatic rings. The fraction of sp³-hybridized carbons (Fsp3) is 0.190. The zero-order valence-electron chi connectivity index (χ0n) is 16.2. The number of aryl methyl sites for hydroxylation is 1. The zero-order chi connectivity index (χ0) is 21.4. The fourth-order valence-corrected chi connectivity index (χ4v) is 4.05. The lowest BCUT2D eigenvalue weighted by Gasteiger charge is -2.24. The average Bonchev–Trinajstić information content (AvgIpc) is 3.45. The summed E-state index contributed by atoms with van der Waals surface area (Å²) in [6.07, 6.45) is 0. The van der Waals surface area contributed by atoms with Crippen molar-refractivity contribution in [2.24, 2.45) is 0 Å². The number of nitrogens with zero attached hydrogens (tertiary/aromatic N) is 2. The Morgan fingerprint density at radius 2 is 2.10 bits per heavy atom. The Morgan fingerprint density at radius 3 is 2.73 bits per heavy atom. The van der Waals surface area contributed by atoms with Crippen molar-refractivity contribution in [1.29, 1.82) is 0 Å². The number of phenolic OH excluding ortho intramolecular Hbond substituents is 1. The summed E-state index contributed by atoms with van der Waals surface area (Å²) in [5.41, 5.74) is 0.394. The van der Waals surface area contributed by atoms with Gasteiger partial charge in [0.2, 0.25) is 5.78 Å². The molecular formula is C21H18N2O6S. The van der Waals surface area contributed by atoms with Gasteiger partial charge in [0.05, 0.1) is 23.1 Å². The molecule has 0 fully saturated rings. The molecule has 3 heterocycles. The first-order valence-electron chi connectivity index (χ1n) is 9.16. The highest BCUT2D eigenvalue weighted by atomic mass is 32.1. The Balaban J connectivity index is 1.89. The van der Waals surface area contributed by atoms with Crippen molar-refractivity contribution in [1.82, 2.24) is 5.16 Å². The lowest BCUT2D eigenvalue weighted by molar-refractivity contribution is -0.117. The largest absolute Gasteiger partial charge is 0.504 e. The number of phenols is 1. The van der Waals surface area contributed by atoms with Crippen LogP contribution in [-0.4, -0.2) is 33.7 Å². The van der Waals surface area contributed by atoms with Gasteiger partial charge in [-0.25, -0.2) is 0 Å². The minimum Gasteiger partial charge on any atom is -0.504 e. The van der Waals surface area contributed by atoms with E-state index in [4.69, 9.17) is 9.26 Å². The van der Waals surface area contributed by atoms with Crippen LogP contribution in [0.15, 0.2) is 57.6 Å². The number of aromatic nitrogens is 1. The van der Waals surface area contributed by atoms with E-state index in [1.807, 2.05) is 0 Å². The summed E-state index contributed by atoms with van der Waals surface area (Å²) in [4.78, 5) is 27.8. The molecule has 154 valence electrons. The lowest BCUT2D eigenvalue weighted by Crippen LogP contribution is -2.31. The van der Waals surface area contributed by atoms with E-state index in [2.05, 4.69) is 5.16 Å². The monoisotopic (exact) mass is 426 g/mol. The van der Waals surface area contributed by atoms with Crippen LogP contribution >= 0.6 is 11.3 Å². The van der Waals surface area contributed by atoms with Crippen LogP contribution in [0.5, 0.6) is 11.5 Å². The maximum Gasteiger partial charge on any atom is 0.295 e. The van der Waals surface area contributed by atoms with Crippen molar-refractivity contribution >= 4 is 28.8 Å². The number of ketones is 1. The number of hydrogen-bond donors (Lipinski definition) is 2. The Hall–Kier alpha value is -3.59. The van der Waals surface area contributed by atoms with Gasteiger partial charge in [-0.2, -0.15) is 0 Å². The molecule has 9 heteroatoms. The number of carbonyl (C=O) groups is 2. The molecule has 0 saturated heterocycles. The topological polar surface area (TPSA) is 113 Å². The van der Waals surface area contributed by atoms with Crippen LogP contribution in [0.2, 0.25) is 0 Å². The highest BCUT2D eigenvalue weighted by molar-refractivity contribution is 7.12. The van der Waals surface area contributed by atoms with Gasteiger partial charge in [0.15, 0.2) is 23.1 Å². The van der Waals surface area contributed by atoms with Crippen molar-refractivity contribution in [2.75, 3.05) is 11.5 Å². The second kappa shape index (κ2) is 7.68. The molecule has 4 rings (SSSR count). The molecule has 0 saturated carbocycles. The van der Waals surface area contributed by atoms with Gasteiger partial charge >= 0.3 is 0 Å². The molecule has 0 bridgehead atoms. The third-order valence-electron chi connectivity index (χ3n) is 4.66. The van der Waals surface area contributed by atoms with Crippen LogP contribution in [0.4, 0.5) is 5.82 Å². The predicted molar refractivity (Wildman–Crippen MR) is 109 cm³/mol. The van der Waals surface area contributed by atoms with Crippen molar-refractivity contribution < 1.29 is 29.1 Å². The molecule has 0 unspecified atom stereocenters. The summed E-state index contributed by atoms with van der Waals surface area (Å²) in [5.74, 6) is -1.12. The van der Waals surface area contributed by atoms with E-state index in [1.54, 1.807) is 43.5 Å². The van der Waals surface area contributed by atoms with E-state index in [0.717, 1.165) is 0 Å². The first kappa shape index (κ1) is 19.7. The number of anilines is 1. The van der Waals surface area contributed by atoms with Crippen LogP contribution in [0.3, 0.4) is 0 Å². The van der Waals surface area contributed by atoms with Crippen LogP contribution in [0, 0.1) is 6.92 Å². The molecule has 0 spiro atoms. The number of hydrogen-bond acceptors (Lipinski definition) is 8. The van der Waals surface area contributed by atoms with Crippen LogP contribution < -0.4 is 9.64 Å². The molecule has 0 aliphatic carbocycles. The number of aliphatic hydroxyl groups is 1. The first-order valence-corrected chi connectivity index (χ1v) is 10.0. The van der Waals surface area contributed by atoms with E-state index in [0.29, 0.717) is 22.8 Å². The number of aliphatic hydroxyl groups excluding tert-OH is 1. The molecule has 1 aliphatic heterocycles. The lowest BCUT2D eigenvalue weighted by atomic mass is 9.95. The van der Waals surface area contributed by atoms with E-state index in [1.165, 1.54) is 28.4 Å². The summed E-state index contributed by atoms with van der Waals surface area (Å²) < 4.78 is 10.6. The number of thiophene rings is 1. The molecule has 8 nitrogen and oxygen atoms in total. The summed E-state index contributed by atoms with van der Waals surface area (Å²) in [6, 6.07) is 8.43. The fourth-order valence-electron chi connectivity index (χ4n) is 3.37. The number of amides is 1. The third-order valence-corrected chi connectivity index (χ3v) is 5.53. The Bertz CT molecular complexity index is 1150. The van der Waals surface area contributed by atoms with Crippen molar-refractivity contribution in [3.05, 3.63) is 69.3 Å². The molecule has 2 N–H and O–H groups in total. The molecule has 1 amide bonds. The number of carbonyl (C=O) groups excluding carboxylic acids is 2. The number of Topliss-reactive ketones (excluding diaryl/α,β-unsaturated/α-hetero) is 1. The van der Waals surface area contributed by atoms with Crippen molar-refractivity contribution in [3.8, 4) is 11.5 Å². The van der Waals surface area contributed by atoms with Gasteiger partial charge in [-0.1, -0.05) is 17.3 Å². The smallest absolute Gasteiger partial charge is 0.295 e. The minimum atomic E-state index is -0.976. The van der Waals surface area contributed by atoms with Crippen LogP contribution in [0.25, 0.3) is 0 Å². The van der Waals surface area contributed by atoms with Gasteiger partial charge in [0.25, 0.3) is 5.91 Å². The van der Waals surface area contributed by atoms with Gasteiger partial charge in [-0.3, -0.25) is 14.5 Å². The zero-order valence-corrected chi connectivity index (χ0v) is 17.0. The third kappa shape index (κ3) is 3.22. The average molecular weight is 426 g/mol. The number of rotatable bonds is 6. The Labute approximate surface area is 175 Å². The quantitative estimate of drug-likeness (QED) is 0.574. The molecular weight excluding hydrogens is 408 g/mol. The summed E-state index contributed by atoms with van der Waals surface area (Å²) >= 11 is 1.21. The standard InChI is InChI=1S/C21H18N2O6S/c1-3-28-14-10-12(6-7-13(14)24)18-17(19(25)15-5-4-8-30-15)20(26)21(27)23(18)16-9-11(2)29-22-16/h4-10,18,24,26H,3H2,1-2H3/t18-/m1/s1. The molecule has 1 aromatic carbocycles. The van der Waals surface area contributed by atoms with E-state index < -0.39 is 23.5 Å². The number of benzene rings is 1. The van der Waals surface area contributed by atoms with E-state index in [-0.39, 0.29) is 22.9 Å². The van der Waals surface area contributed by atoms with Gasteiger partial charge in [0.1, 0.15) is 5.76 Å². The maximum atomic E-state index is 13.2. The SMILES string of the molecule is CCOc1cc([C@@H]2C(C(=O)c3cccs3)=C(O)C(=O)N2c2cc(C)on2)ccc1O. The summed E-state index contributed by atoms with van der Waals surface area (Å²) in [5, 5.41) is 26.4. The Morgan fingerprint density at radius 1 is 1.30 bits per heavy atom. The first-order chi connectivity index (χ1) is 14.4. The number of ether oxygens (including phenoxy) is 1. The Kier molecular flexibility index (Phi) is 5.04. The summed E-state index contributed by atoms with van der Waals surface area (Å²) in [6.45, 7) is 3.76. The molecule has 1 aliphatic rings. The van der Waals surface area contributed by atoms with Gasteiger partial charge in [0, 0.05) is 6.07 Å². The highest BCUT2D eigenvalue weighted by Gasteiger charge is 2.46. The molecule has 2 aromatic heterocycles. The van der Waals surface area contributed by atoms with Crippen LogP contribution in [-0.2, 0) is 4.79 Å². The minimum absolute atomic E-state index is 0.0729.